The maximum absolute atomic E-state index is 9.79. The van der Waals surface area contributed by atoms with Gasteiger partial charge in [0.25, 0.3) is 0 Å². The molecule has 0 heterocycles. The van der Waals surface area contributed by atoms with E-state index in [9.17, 15) is 5.11 Å². The Morgan fingerprint density at radius 2 is 1.94 bits per heavy atom. The summed E-state index contributed by atoms with van der Waals surface area (Å²) in [4.78, 5) is 2.16. The number of hydrogen-bond acceptors (Lipinski definition) is 3. The molecule has 0 saturated heterocycles. The highest BCUT2D eigenvalue weighted by atomic mass is 35.5. The second-order valence-electron chi connectivity index (χ2n) is 4.48. The minimum Gasteiger partial charge on any atom is -0.508 e. The van der Waals surface area contributed by atoms with Gasteiger partial charge in [-0.25, -0.2) is 0 Å². The molecule has 0 spiro atoms. The number of rotatable bonds is 5. The van der Waals surface area contributed by atoms with E-state index in [0.29, 0.717) is 11.4 Å². The van der Waals surface area contributed by atoms with Crippen LogP contribution < -0.4 is 5.73 Å². The number of phenols is 1. The number of phenolic OH excluding ortho intramolecular Hbond substituents is 1. The van der Waals surface area contributed by atoms with Gasteiger partial charge in [-0.15, -0.1) is 0 Å². The molecule has 4 heteroatoms. The van der Waals surface area contributed by atoms with Crippen LogP contribution in [0.15, 0.2) is 18.2 Å². The molecule has 17 heavy (non-hydrogen) atoms. The van der Waals surface area contributed by atoms with Crippen LogP contribution in [0, 0.1) is 0 Å². The second-order valence-corrected chi connectivity index (χ2v) is 4.92. The Labute approximate surface area is 108 Å². The molecule has 1 aromatic carbocycles. The molecule has 0 radical (unpaired) electrons. The molecule has 0 fully saturated rings. The average Bonchev–Trinajstić information content (AvgIpc) is 2.24. The topological polar surface area (TPSA) is 49.5 Å². The monoisotopic (exact) mass is 256 g/mol. The molecule has 0 aliphatic rings. The van der Waals surface area contributed by atoms with Gasteiger partial charge in [0.15, 0.2) is 0 Å². The molecule has 1 aromatic rings. The Morgan fingerprint density at radius 1 is 1.35 bits per heavy atom. The number of hydrogen-bond donors (Lipinski definition) is 2. The van der Waals surface area contributed by atoms with Gasteiger partial charge in [-0.3, -0.25) is 4.90 Å². The van der Waals surface area contributed by atoms with E-state index in [2.05, 4.69) is 18.7 Å². The number of nitrogens with two attached hydrogens (primary N) is 1. The quantitative estimate of drug-likeness (QED) is 0.797. The van der Waals surface area contributed by atoms with Crippen LogP contribution in [0.1, 0.15) is 26.3 Å². The summed E-state index contributed by atoms with van der Waals surface area (Å²) in [5.41, 5.74) is 6.61. The van der Waals surface area contributed by atoms with E-state index in [0.717, 1.165) is 18.7 Å². The molecule has 3 nitrogen and oxygen atoms in total. The summed E-state index contributed by atoms with van der Waals surface area (Å²) in [6.07, 6.45) is 0.571. The molecular formula is C13H21ClN2O. The zero-order valence-electron chi connectivity index (χ0n) is 10.7. The lowest BCUT2D eigenvalue weighted by Gasteiger charge is -2.37. The van der Waals surface area contributed by atoms with Crippen molar-refractivity contribution in [1.82, 2.24) is 4.90 Å². The maximum atomic E-state index is 9.79. The molecule has 96 valence electrons. The summed E-state index contributed by atoms with van der Waals surface area (Å²) >= 11 is 5.93. The Morgan fingerprint density at radius 3 is 2.47 bits per heavy atom. The molecule has 0 aliphatic carbocycles. The van der Waals surface area contributed by atoms with Gasteiger partial charge in [-0.2, -0.15) is 0 Å². The first-order valence-electron chi connectivity index (χ1n) is 5.92. The first-order chi connectivity index (χ1) is 7.90. The lowest BCUT2D eigenvalue weighted by Crippen LogP contribution is -2.55. The number of aromatic hydroxyl groups is 1. The average molecular weight is 257 g/mol. The minimum atomic E-state index is -0.480. The maximum Gasteiger partial charge on any atom is 0.118 e. The van der Waals surface area contributed by atoms with Crippen LogP contribution in [0.5, 0.6) is 5.75 Å². The van der Waals surface area contributed by atoms with E-state index in [1.54, 1.807) is 18.2 Å². The lowest BCUT2D eigenvalue weighted by molar-refractivity contribution is 0.122. The zero-order chi connectivity index (χ0) is 13.1. The van der Waals surface area contributed by atoms with Crippen molar-refractivity contribution < 1.29 is 5.11 Å². The fraction of sp³-hybridized carbons (Fsp3) is 0.538. The van der Waals surface area contributed by atoms with Gasteiger partial charge >= 0.3 is 0 Å². The smallest absolute Gasteiger partial charge is 0.118 e. The molecule has 0 bridgehead atoms. The highest BCUT2D eigenvalue weighted by molar-refractivity contribution is 6.30. The Bertz CT molecular complexity index is 376. The highest BCUT2D eigenvalue weighted by Crippen LogP contribution is 2.26. The summed E-state index contributed by atoms with van der Waals surface area (Å²) in [7, 11) is 0. The van der Waals surface area contributed by atoms with Crippen molar-refractivity contribution >= 4 is 11.6 Å². The van der Waals surface area contributed by atoms with Crippen molar-refractivity contribution in [3.63, 3.8) is 0 Å². The summed E-state index contributed by atoms with van der Waals surface area (Å²) in [5.74, 6) is 0.248. The van der Waals surface area contributed by atoms with Crippen molar-refractivity contribution in [2.45, 2.75) is 32.9 Å². The van der Waals surface area contributed by atoms with E-state index in [4.69, 9.17) is 17.3 Å². The molecule has 3 N–H and O–H groups in total. The van der Waals surface area contributed by atoms with Gasteiger partial charge in [0.2, 0.25) is 0 Å². The van der Waals surface area contributed by atoms with Crippen molar-refractivity contribution in [2.75, 3.05) is 13.1 Å². The van der Waals surface area contributed by atoms with Crippen LogP contribution >= 0.6 is 11.6 Å². The third-order valence-electron chi connectivity index (χ3n) is 3.08. The van der Waals surface area contributed by atoms with Crippen molar-refractivity contribution in [3.8, 4) is 5.75 Å². The Kier molecular flexibility index (Phi) is 4.80. The molecular weight excluding hydrogens is 236 g/mol. The van der Waals surface area contributed by atoms with Gasteiger partial charge < -0.3 is 10.8 Å². The van der Waals surface area contributed by atoms with Crippen LogP contribution in [0.3, 0.4) is 0 Å². The fourth-order valence-electron chi connectivity index (χ4n) is 2.14. The molecule has 0 aromatic heterocycles. The van der Waals surface area contributed by atoms with Crippen molar-refractivity contribution in [3.05, 3.63) is 28.8 Å². The normalized spacial score (nSPS) is 14.9. The summed E-state index contributed by atoms with van der Waals surface area (Å²) < 4.78 is 0. The van der Waals surface area contributed by atoms with E-state index in [-0.39, 0.29) is 5.75 Å². The van der Waals surface area contributed by atoms with Crippen molar-refractivity contribution in [1.29, 1.82) is 0 Å². The van der Waals surface area contributed by atoms with Gasteiger partial charge in [-0.1, -0.05) is 25.4 Å². The summed E-state index contributed by atoms with van der Waals surface area (Å²) in [6.45, 7) is 7.88. The SMILES string of the molecule is CCN(CC)C(C)(N)Cc1cc(Cl)ccc1O. The fourth-order valence-corrected chi connectivity index (χ4v) is 2.33. The number of nitrogens with zero attached hydrogens (tertiary/aromatic N) is 1. The molecule has 0 aliphatic heterocycles. The predicted molar refractivity (Wildman–Crippen MR) is 72.3 cm³/mol. The third kappa shape index (κ3) is 3.60. The van der Waals surface area contributed by atoms with Crippen LogP contribution in [0.4, 0.5) is 0 Å². The Balaban J connectivity index is 2.92. The van der Waals surface area contributed by atoms with Gasteiger partial charge in [0.1, 0.15) is 5.75 Å². The van der Waals surface area contributed by atoms with E-state index in [1.807, 2.05) is 6.92 Å². The Hall–Kier alpha value is -0.770. The van der Waals surface area contributed by atoms with Gasteiger partial charge in [0.05, 0.1) is 5.66 Å². The third-order valence-corrected chi connectivity index (χ3v) is 3.31. The molecule has 0 saturated carbocycles. The van der Waals surface area contributed by atoms with Crippen LogP contribution in [0.25, 0.3) is 0 Å². The first-order valence-corrected chi connectivity index (χ1v) is 6.29. The number of halogens is 1. The molecule has 1 atom stereocenters. The van der Waals surface area contributed by atoms with E-state index in [1.165, 1.54) is 0 Å². The first kappa shape index (κ1) is 14.3. The van der Waals surface area contributed by atoms with Crippen LogP contribution in [0.2, 0.25) is 5.02 Å². The summed E-state index contributed by atoms with van der Waals surface area (Å²) in [6, 6.07) is 5.05. The van der Waals surface area contributed by atoms with Gasteiger partial charge in [-0.05, 0) is 43.8 Å². The molecule has 1 unspecified atom stereocenters. The molecule has 1 rings (SSSR count). The standard InChI is InChI=1S/C13H21ClN2O/c1-4-16(5-2)13(3,15)9-10-8-11(14)6-7-12(10)17/h6-8,17H,4-5,9,15H2,1-3H3. The second kappa shape index (κ2) is 5.71. The largest absolute Gasteiger partial charge is 0.508 e. The van der Waals surface area contributed by atoms with E-state index >= 15 is 0 Å². The lowest BCUT2D eigenvalue weighted by atomic mass is 9.99. The van der Waals surface area contributed by atoms with Crippen LogP contribution in [-0.2, 0) is 6.42 Å². The van der Waals surface area contributed by atoms with Crippen molar-refractivity contribution in [2.24, 2.45) is 5.73 Å². The summed E-state index contributed by atoms with van der Waals surface area (Å²) in [5, 5.41) is 10.4. The van der Waals surface area contributed by atoms with E-state index < -0.39 is 5.66 Å². The minimum absolute atomic E-state index is 0.248. The predicted octanol–water partition coefficient (Wildman–Crippen LogP) is 2.60. The number of benzene rings is 1. The van der Waals surface area contributed by atoms with Crippen LogP contribution in [-0.4, -0.2) is 28.8 Å². The number of likely N-dealkylation sites (N-methyl/N-ethyl adjacent to an activating group) is 1. The van der Waals surface area contributed by atoms with Gasteiger partial charge in [0, 0.05) is 11.4 Å². The molecule has 0 amide bonds. The zero-order valence-corrected chi connectivity index (χ0v) is 11.5. The highest BCUT2D eigenvalue weighted by Gasteiger charge is 2.26.